The van der Waals surface area contributed by atoms with Crippen LogP contribution < -0.4 is 0 Å². The monoisotopic (exact) mass is 230 g/mol. The van der Waals surface area contributed by atoms with Crippen LogP contribution in [0.2, 0.25) is 5.02 Å². The molecular formula is C7H4BrClN2. The lowest BCUT2D eigenvalue weighted by molar-refractivity contribution is 1.18. The lowest BCUT2D eigenvalue weighted by Gasteiger charge is -1.96. The van der Waals surface area contributed by atoms with Crippen molar-refractivity contribution in [3.8, 4) is 0 Å². The number of pyridine rings is 1. The lowest BCUT2D eigenvalue weighted by atomic mass is 10.5. The van der Waals surface area contributed by atoms with Crippen LogP contribution in [0.15, 0.2) is 29.1 Å². The minimum atomic E-state index is 0.650. The summed E-state index contributed by atoms with van der Waals surface area (Å²) in [6.45, 7) is 0. The number of fused-ring (bicyclic) bond motifs is 1. The van der Waals surface area contributed by atoms with Gasteiger partial charge in [0.15, 0.2) is 5.65 Å². The molecule has 2 heterocycles. The van der Waals surface area contributed by atoms with Gasteiger partial charge in [-0.25, -0.2) is 4.98 Å². The molecule has 56 valence electrons. The van der Waals surface area contributed by atoms with Crippen molar-refractivity contribution in [2.75, 3.05) is 0 Å². The minimum Gasteiger partial charge on any atom is -0.306 e. The van der Waals surface area contributed by atoms with Crippen molar-refractivity contribution in [3.05, 3.63) is 34.2 Å². The third kappa shape index (κ3) is 1.04. The maximum absolute atomic E-state index is 5.94. The molecule has 0 aliphatic heterocycles. The third-order valence-corrected chi connectivity index (χ3v) is 2.72. The van der Waals surface area contributed by atoms with Crippen molar-refractivity contribution in [1.29, 1.82) is 0 Å². The highest BCUT2D eigenvalue weighted by Gasteiger charge is 2.02. The van der Waals surface area contributed by atoms with Crippen molar-refractivity contribution in [2.24, 2.45) is 0 Å². The number of hydrogen-bond acceptors (Lipinski definition) is 1. The van der Waals surface area contributed by atoms with Gasteiger partial charge in [0.2, 0.25) is 0 Å². The van der Waals surface area contributed by atoms with Gasteiger partial charge in [0.05, 0.1) is 5.02 Å². The first-order chi connectivity index (χ1) is 5.29. The highest BCUT2D eigenvalue weighted by atomic mass is 79.9. The van der Waals surface area contributed by atoms with Crippen LogP contribution in [0.5, 0.6) is 0 Å². The van der Waals surface area contributed by atoms with Crippen LogP contribution in [-0.4, -0.2) is 9.38 Å². The SMILES string of the molecule is Clc1c(Br)ccn2ccnc12. The summed E-state index contributed by atoms with van der Waals surface area (Å²) in [5.74, 6) is 0. The third-order valence-electron chi connectivity index (χ3n) is 1.46. The van der Waals surface area contributed by atoms with E-state index in [9.17, 15) is 0 Å². The molecule has 0 atom stereocenters. The van der Waals surface area contributed by atoms with Crippen LogP contribution in [0.1, 0.15) is 0 Å². The van der Waals surface area contributed by atoms with Gasteiger partial charge in [0.1, 0.15) is 0 Å². The summed E-state index contributed by atoms with van der Waals surface area (Å²) in [5, 5.41) is 0.650. The van der Waals surface area contributed by atoms with Gasteiger partial charge in [-0.2, -0.15) is 0 Å². The van der Waals surface area contributed by atoms with Gasteiger partial charge in [0, 0.05) is 23.1 Å². The van der Waals surface area contributed by atoms with Crippen LogP contribution in [0.3, 0.4) is 0 Å². The van der Waals surface area contributed by atoms with Crippen molar-refractivity contribution in [2.45, 2.75) is 0 Å². The van der Waals surface area contributed by atoms with Gasteiger partial charge in [-0.05, 0) is 22.0 Å². The zero-order valence-corrected chi connectivity index (χ0v) is 7.80. The van der Waals surface area contributed by atoms with Crippen LogP contribution in [0.4, 0.5) is 0 Å². The zero-order valence-electron chi connectivity index (χ0n) is 5.46. The molecule has 4 heteroatoms. The van der Waals surface area contributed by atoms with E-state index in [4.69, 9.17) is 11.6 Å². The Hall–Kier alpha value is -0.540. The second-order valence-electron chi connectivity index (χ2n) is 2.14. The Kier molecular flexibility index (Phi) is 1.62. The first kappa shape index (κ1) is 7.13. The molecule has 0 saturated carbocycles. The number of rotatable bonds is 0. The number of imidazole rings is 1. The molecule has 0 aromatic carbocycles. The summed E-state index contributed by atoms with van der Waals surface area (Å²) in [6.07, 6.45) is 5.47. The van der Waals surface area contributed by atoms with E-state index < -0.39 is 0 Å². The number of hydrogen-bond donors (Lipinski definition) is 0. The highest BCUT2D eigenvalue weighted by molar-refractivity contribution is 9.10. The molecule has 0 unspecified atom stereocenters. The zero-order chi connectivity index (χ0) is 7.84. The molecule has 0 fully saturated rings. The Morgan fingerprint density at radius 3 is 3.09 bits per heavy atom. The Balaban J connectivity index is 2.93. The van der Waals surface area contributed by atoms with Gasteiger partial charge >= 0.3 is 0 Å². The number of aromatic nitrogens is 2. The van der Waals surface area contributed by atoms with Gasteiger partial charge in [-0.3, -0.25) is 0 Å². The van der Waals surface area contributed by atoms with Gasteiger partial charge in [-0.15, -0.1) is 0 Å². The van der Waals surface area contributed by atoms with E-state index in [1.807, 2.05) is 22.9 Å². The van der Waals surface area contributed by atoms with Crippen molar-refractivity contribution in [1.82, 2.24) is 9.38 Å². The number of nitrogens with zero attached hydrogens (tertiary/aromatic N) is 2. The molecular weight excluding hydrogens is 227 g/mol. The van der Waals surface area contributed by atoms with Crippen LogP contribution >= 0.6 is 27.5 Å². The van der Waals surface area contributed by atoms with Crippen molar-refractivity contribution < 1.29 is 0 Å². The lowest BCUT2D eigenvalue weighted by Crippen LogP contribution is -1.83. The van der Waals surface area contributed by atoms with Crippen LogP contribution in [-0.2, 0) is 0 Å². The minimum absolute atomic E-state index is 0.650. The molecule has 0 N–H and O–H groups in total. The smallest absolute Gasteiger partial charge is 0.156 e. The molecule has 2 aromatic rings. The summed E-state index contributed by atoms with van der Waals surface area (Å²) in [6, 6.07) is 1.89. The standard InChI is InChI=1S/C7H4BrClN2/c8-5-1-3-11-4-2-10-7(11)6(5)9/h1-4H. The Morgan fingerprint density at radius 2 is 2.27 bits per heavy atom. The highest BCUT2D eigenvalue weighted by Crippen LogP contribution is 2.25. The van der Waals surface area contributed by atoms with Gasteiger partial charge in [-0.1, -0.05) is 11.6 Å². The average molecular weight is 231 g/mol. The predicted molar refractivity (Wildman–Crippen MR) is 47.9 cm³/mol. The quantitative estimate of drug-likeness (QED) is 0.681. The molecule has 0 bridgehead atoms. The first-order valence-corrected chi connectivity index (χ1v) is 4.23. The fourth-order valence-electron chi connectivity index (χ4n) is 0.929. The average Bonchev–Trinajstić information content (AvgIpc) is 2.45. The molecule has 0 spiro atoms. The Morgan fingerprint density at radius 1 is 1.45 bits per heavy atom. The molecule has 2 rings (SSSR count). The van der Waals surface area contributed by atoms with Crippen molar-refractivity contribution in [3.63, 3.8) is 0 Å². The summed E-state index contributed by atoms with van der Waals surface area (Å²) in [4.78, 5) is 4.08. The molecule has 0 aliphatic carbocycles. The van der Waals surface area contributed by atoms with E-state index in [0.717, 1.165) is 10.1 Å². The first-order valence-electron chi connectivity index (χ1n) is 3.06. The van der Waals surface area contributed by atoms with Gasteiger partial charge < -0.3 is 4.40 Å². The van der Waals surface area contributed by atoms with E-state index >= 15 is 0 Å². The van der Waals surface area contributed by atoms with E-state index in [1.54, 1.807) is 6.20 Å². The summed E-state index contributed by atoms with van der Waals surface area (Å²) in [7, 11) is 0. The van der Waals surface area contributed by atoms with E-state index in [1.165, 1.54) is 0 Å². The summed E-state index contributed by atoms with van der Waals surface area (Å²) >= 11 is 9.25. The van der Waals surface area contributed by atoms with E-state index in [2.05, 4.69) is 20.9 Å². The molecule has 0 radical (unpaired) electrons. The molecule has 11 heavy (non-hydrogen) atoms. The molecule has 0 amide bonds. The van der Waals surface area contributed by atoms with Crippen LogP contribution in [0, 0.1) is 0 Å². The van der Waals surface area contributed by atoms with E-state index in [-0.39, 0.29) is 0 Å². The Bertz CT molecular complexity index is 396. The molecule has 2 nitrogen and oxygen atoms in total. The normalized spacial score (nSPS) is 10.7. The van der Waals surface area contributed by atoms with Gasteiger partial charge in [0.25, 0.3) is 0 Å². The summed E-state index contributed by atoms with van der Waals surface area (Å²) < 4.78 is 2.74. The topological polar surface area (TPSA) is 17.3 Å². The molecule has 0 aliphatic rings. The fourth-order valence-corrected chi connectivity index (χ4v) is 1.43. The fraction of sp³-hybridized carbons (Fsp3) is 0. The molecule has 2 aromatic heterocycles. The Labute approximate surface area is 76.9 Å². The second-order valence-corrected chi connectivity index (χ2v) is 3.37. The largest absolute Gasteiger partial charge is 0.306 e. The maximum Gasteiger partial charge on any atom is 0.156 e. The maximum atomic E-state index is 5.94. The van der Waals surface area contributed by atoms with Crippen LogP contribution in [0.25, 0.3) is 5.65 Å². The van der Waals surface area contributed by atoms with E-state index in [0.29, 0.717) is 5.02 Å². The number of halogens is 2. The van der Waals surface area contributed by atoms with Crippen molar-refractivity contribution >= 4 is 33.2 Å². The second kappa shape index (κ2) is 2.50. The molecule has 0 saturated heterocycles. The predicted octanol–water partition coefficient (Wildman–Crippen LogP) is 2.75. The summed E-state index contributed by atoms with van der Waals surface area (Å²) in [5.41, 5.74) is 0.779.